The molecular weight excluding hydrogens is 344 g/mol. The molecule has 0 atom stereocenters. The summed E-state index contributed by atoms with van der Waals surface area (Å²) in [6, 6.07) is 16.3. The van der Waals surface area contributed by atoms with E-state index in [1.54, 1.807) is 0 Å². The van der Waals surface area contributed by atoms with Crippen molar-refractivity contribution >= 4 is 6.29 Å². The maximum absolute atomic E-state index is 11.2. The molecule has 2 aromatic carbocycles. The molecule has 0 aliphatic rings. The zero-order valence-electron chi connectivity index (χ0n) is 15.4. The molecule has 0 spiro atoms. The Balaban J connectivity index is 1.86. The standard InChI is InChI=1S/C21H20N2O4/c1-14-16(10-7-11-17(14)15-8-5-4-6-9-15)13-27-21-22-19(25-2)18(12-24)20(23-21)26-3/h4-12H,13H2,1-3H3. The summed E-state index contributed by atoms with van der Waals surface area (Å²) in [5.41, 5.74) is 4.56. The molecule has 0 fully saturated rings. The van der Waals surface area contributed by atoms with Gasteiger partial charge in [-0.15, -0.1) is 0 Å². The van der Waals surface area contributed by atoms with Gasteiger partial charge in [-0.2, -0.15) is 9.97 Å². The summed E-state index contributed by atoms with van der Waals surface area (Å²) in [5.74, 6) is 0.225. The molecule has 6 nitrogen and oxygen atoms in total. The lowest BCUT2D eigenvalue weighted by atomic mass is 9.97. The molecule has 6 heteroatoms. The monoisotopic (exact) mass is 364 g/mol. The first-order valence-electron chi connectivity index (χ1n) is 8.39. The number of aldehydes is 1. The number of carbonyl (C=O) groups excluding carboxylic acids is 1. The Kier molecular flexibility index (Phi) is 5.66. The minimum Gasteiger partial charge on any atom is -0.480 e. The van der Waals surface area contributed by atoms with Gasteiger partial charge in [0.15, 0.2) is 6.29 Å². The van der Waals surface area contributed by atoms with Crippen LogP contribution in [0.5, 0.6) is 17.8 Å². The first-order chi connectivity index (χ1) is 13.2. The SMILES string of the molecule is COc1nc(OCc2cccc(-c3ccccc3)c2C)nc(OC)c1C=O. The summed E-state index contributed by atoms with van der Waals surface area (Å²) in [5, 5.41) is 0. The fraction of sp³-hybridized carbons (Fsp3) is 0.190. The zero-order valence-corrected chi connectivity index (χ0v) is 15.4. The molecule has 0 saturated heterocycles. The molecule has 1 aromatic heterocycles. The molecule has 0 aliphatic heterocycles. The Morgan fingerprint density at radius 2 is 1.59 bits per heavy atom. The van der Waals surface area contributed by atoms with E-state index in [9.17, 15) is 4.79 Å². The van der Waals surface area contributed by atoms with E-state index in [1.165, 1.54) is 14.2 Å². The summed E-state index contributed by atoms with van der Waals surface area (Å²) in [7, 11) is 2.85. The quantitative estimate of drug-likeness (QED) is 0.593. The minimum absolute atomic E-state index is 0.0822. The molecule has 0 unspecified atom stereocenters. The fourth-order valence-electron chi connectivity index (χ4n) is 2.80. The number of hydrogen-bond donors (Lipinski definition) is 0. The third-order valence-corrected chi connectivity index (χ3v) is 4.25. The Hall–Kier alpha value is -3.41. The zero-order chi connectivity index (χ0) is 19.2. The van der Waals surface area contributed by atoms with Crippen LogP contribution in [0.3, 0.4) is 0 Å². The van der Waals surface area contributed by atoms with Gasteiger partial charge < -0.3 is 14.2 Å². The van der Waals surface area contributed by atoms with Crippen molar-refractivity contribution in [1.29, 1.82) is 0 Å². The Morgan fingerprint density at radius 1 is 0.926 bits per heavy atom. The third kappa shape index (κ3) is 3.89. The molecule has 0 aliphatic carbocycles. The van der Waals surface area contributed by atoms with Crippen LogP contribution < -0.4 is 14.2 Å². The smallest absolute Gasteiger partial charge is 0.323 e. The van der Waals surface area contributed by atoms with Crippen molar-refractivity contribution in [2.45, 2.75) is 13.5 Å². The van der Waals surface area contributed by atoms with Crippen molar-refractivity contribution in [3.63, 3.8) is 0 Å². The van der Waals surface area contributed by atoms with Gasteiger partial charge >= 0.3 is 6.01 Å². The second kappa shape index (κ2) is 8.31. The summed E-state index contributed by atoms with van der Waals surface area (Å²) < 4.78 is 16.0. The predicted molar refractivity (Wildman–Crippen MR) is 101 cm³/mol. The lowest BCUT2D eigenvalue weighted by Crippen LogP contribution is -2.06. The molecular formula is C21H20N2O4. The number of ether oxygens (including phenoxy) is 3. The van der Waals surface area contributed by atoms with Gasteiger partial charge in [0.2, 0.25) is 11.8 Å². The van der Waals surface area contributed by atoms with Gasteiger partial charge in [0.25, 0.3) is 0 Å². The lowest BCUT2D eigenvalue weighted by Gasteiger charge is -2.13. The van der Waals surface area contributed by atoms with Crippen molar-refractivity contribution < 1.29 is 19.0 Å². The molecule has 3 rings (SSSR count). The molecule has 3 aromatic rings. The summed E-state index contributed by atoms with van der Waals surface area (Å²) in [6.07, 6.45) is 0.592. The number of aromatic nitrogens is 2. The molecule has 0 amide bonds. The second-order valence-electron chi connectivity index (χ2n) is 5.80. The van der Waals surface area contributed by atoms with E-state index >= 15 is 0 Å². The van der Waals surface area contributed by atoms with Crippen molar-refractivity contribution in [2.75, 3.05) is 14.2 Å². The van der Waals surface area contributed by atoms with E-state index in [4.69, 9.17) is 14.2 Å². The number of benzene rings is 2. The third-order valence-electron chi connectivity index (χ3n) is 4.25. The summed E-state index contributed by atoms with van der Waals surface area (Å²) >= 11 is 0. The van der Waals surface area contributed by atoms with E-state index < -0.39 is 0 Å². The number of hydrogen-bond acceptors (Lipinski definition) is 6. The lowest BCUT2D eigenvalue weighted by molar-refractivity contribution is 0.111. The van der Waals surface area contributed by atoms with Crippen LogP contribution in [-0.2, 0) is 6.61 Å². The highest BCUT2D eigenvalue weighted by Crippen LogP contribution is 2.28. The first-order valence-corrected chi connectivity index (χ1v) is 8.39. The normalized spacial score (nSPS) is 10.3. The number of methoxy groups -OCH3 is 2. The topological polar surface area (TPSA) is 70.5 Å². The first kappa shape index (κ1) is 18.4. The minimum atomic E-state index is 0.0822. The summed E-state index contributed by atoms with van der Waals surface area (Å²) in [6.45, 7) is 2.33. The van der Waals surface area contributed by atoms with Crippen LogP contribution in [0.1, 0.15) is 21.5 Å². The van der Waals surface area contributed by atoms with Crippen LogP contribution in [0.2, 0.25) is 0 Å². The number of carbonyl (C=O) groups is 1. The molecule has 27 heavy (non-hydrogen) atoms. The van der Waals surface area contributed by atoms with Crippen molar-refractivity contribution in [1.82, 2.24) is 9.97 Å². The van der Waals surface area contributed by atoms with Crippen LogP contribution in [0.15, 0.2) is 48.5 Å². The van der Waals surface area contributed by atoms with Crippen LogP contribution in [-0.4, -0.2) is 30.5 Å². The van der Waals surface area contributed by atoms with Crippen molar-refractivity contribution in [3.8, 4) is 28.9 Å². The molecule has 138 valence electrons. The van der Waals surface area contributed by atoms with Gasteiger partial charge in [-0.25, -0.2) is 0 Å². The molecule has 1 heterocycles. The molecule has 0 saturated carbocycles. The highest BCUT2D eigenvalue weighted by Gasteiger charge is 2.16. The van der Waals surface area contributed by atoms with E-state index in [2.05, 4.69) is 35.1 Å². The van der Waals surface area contributed by atoms with Gasteiger partial charge in [-0.3, -0.25) is 4.79 Å². The van der Waals surface area contributed by atoms with Gasteiger partial charge in [0.05, 0.1) is 14.2 Å². The van der Waals surface area contributed by atoms with Gasteiger partial charge in [-0.05, 0) is 29.2 Å². The van der Waals surface area contributed by atoms with E-state index in [0.717, 1.165) is 22.3 Å². The summed E-state index contributed by atoms with van der Waals surface area (Å²) in [4.78, 5) is 19.5. The van der Waals surface area contributed by atoms with Gasteiger partial charge in [-0.1, -0.05) is 48.5 Å². The molecule has 0 N–H and O–H groups in total. The molecule has 0 bridgehead atoms. The van der Waals surface area contributed by atoms with Gasteiger partial charge in [0.1, 0.15) is 12.2 Å². The largest absolute Gasteiger partial charge is 0.480 e. The van der Waals surface area contributed by atoms with Crippen molar-refractivity contribution in [3.05, 3.63) is 65.2 Å². The Labute approximate surface area is 157 Å². The van der Waals surface area contributed by atoms with Crippen LogP contribution in [0.4, 0.5) is 0 Å². The number of nitrogens with zero attached hydrogens (tertiary/aromatic N) is 2. The average molecular weight is 364 g/mol. The van der Waals surface area contributed by atoms with E-state index in [1.807, 2.05) is 30.3 Å². The van der Waals surface area contributed by atoms with E-state index in [0.29, 0.717) is 6.29 Å². The van der Waals surface area contributed by atoms with E-state index in [-0.39, 0.29) is 29.9 Å². The fourth-order valence-corrected chi connectivity index (χ4v) is 2.80. The van der Waals surface area contributed by atoms with Crippen LogP contribution in [0.25, 0.3) is 11.1 Å². The maximum atomic E-state index is 11.2. The predicted octanol–water partition coefficient (Wildman–Crippen LogP) is 3.86. The Bertz CT molecular complexity index is 917. The van der Waals surface area contributed by atoms with Crippen LogP contribution in [0, 0.1) is 6.92 Å². The van der Waals surface area contributed by atoms with Crippen molar-refractivity contribution in [2.24, 2.45) is 0 Å². The maximum Gasteiger partial charge on any atom is 0.323 e. The average Bonchev–Trinajstić information content (AvgIpc) is 2.72. The highest BCUT2D eigenvalue weighted by molar-refractivity contribution is 5.81. The van der Waals surface area contributed by atoms with Crippen LogP contribution >= 0.6 is 0 Å². The highest BCUT2D eigenvalue weighted by atomic mass is 16.5. The Morgan fingerprint density at radius 3 is 2.19 bits per heavy atom. The second-order valence-corrected chi connectivity index (χ2v) is 5.80. The number of rotatable bonds is 7. The molecule has 0 radical (unpaired) electrons. The van der Waals surface area contributed by atoms with Gasteiger partial charge in [0, 0.05) is 0 Å².